The fourth-order valence-electron chi connectivity index (χ4n) is 7.65. The number of nitrogens with zero attached hydrogens (tertiary/aromatic N) is 1. The number of fused-ring (bicyclic) bond motifs is 2. The number of piperidine rings is 1. The maximum Gasteiger partial charge on any atom is 0.223 e. The van der Waals surface area contributed by atoms with E-state index in [-0.39, 0.29) is 0 Å². The van der Waals surface area contributed by atoms with E-state index in [0.717, 1.165) is 37.0 Å². The van der Waals surface area contributed by atoms with Gasteiger partial charge in [0.15, 0.2) is 0 Å². The highest BCUT2D eigenvalue weighted by Crippen LogP contribution is 2.61. The maximum absolute atomic E-state index is 13.2. The van der Waals surface area contributed by atoms with Crippen molar-refractivity contribution in [1.29, 1.82) is 0 Å². The molecule has 6 fully saturated rings. The van der Waals surface area contributed by atoms with Gasteiger partial charge in [0.2, 0.25) is 5.91 Å². The molecule has 0 aromatic rings. The van der Waals surface area contributed by atoms with Gasteiger partial charge in [-0.2, -0.15) is 0 Å². The van der Waals surface area contributed by atoms with Gasteiger partial charge in [-0.3, -0.25) is 4.79 Å². The number of hydrogen-bond donors (Lipinski definition) is 0. The number of amides is 1. The van der Waals surface area contributed by atoms with Gasteiger partial charge in [0.25, 0.3) is 0 Å². The first-order chi connectivity index (χ1) is 11.1. The van der Waals surface area contributed by atoms with E-state index in [1.807, 2.05) is 7.11 Å². The van der Waals surface area contributed by atoms with Crippen molar-refractivity contribution in [2.24, 2.45) is 23.2 Å². The molecule has 2 aliphatic heterocycles. The SMILES string of the molecule is COC1CC2CCC(C1)N2C(=O)CC12CC3CC(CC(C3)C1)C2. The van der Waals surface area contributed by atoms with Crippen LogP contribution in [0.4, 0.5) is 0 Å². The Morgan fingerprint density at radius 3 is 1.96 bits per heavy atom. The average Bonchev–Trinajstić information content (AvgIpc) is 2.76. The van der Waals surface area contributed by atoms with Gasteiger partial charge in [-0.25, -0.2) is 0 Å². The van der Waals surface area contributed by atoms with Gasteiger partial charge >= 0.3 is 0 Å². The molecule has 128 valence electrons. The molecule has 1 amide bonds. The summed E-state index contributed by atoms with van der Waals surface area (Å²) >= 11 is 0. The third kappa shape index (κ3) is 2.37. The summed E-state index contributed by atoms with van der Waals surface area (Å²) in [6, 6.07) is 0.945. The lowest BCUT2D eigenvalue weighted by Gasteiger charge is -2.57. The first kappa shape index (κ1) is 14.7. The van der Waals surface area contributed by atoms with E-state index in [1.54, 1.807) is 0 Å². The molecule has 0 aromatic carbocycles. The topological polar surface area (TPSA) is 29.5 Å². The Morgan fingerprint density at radius 1 is 0.957 bits per heavy atom. The van der Waals surface area contributed by atoms with Gasteiger partial charge in [0.1, 0.15) is 0 Å². The van der Waals surface area contributed by atoms with Crippen molar-refractivity contribution < 1.29 is 9.53 Å². The molecule has 0 radical (unpaired) electrons. The van der Waals surface area contributed by atoms with Crippen LogP contribution in [-0.2, 0) is 9.53 Å². The summed E-state index contributed by atoms with van der Waals surface area (Å²) in [6.07, 6.45) is 14.3. The highest BCUT2D eigenvalue weighted by Gasteiger charge is 2.53. The molecule has 6 rings (SSSR count). The normalized spacial score (nSPS) is 50.6. The molecule has 6 bridgehead atoms. The Kier molecular flexibility index (Phi) is 3.34. The molecule has 3 nitrogen and oxygen atoms in total. The van der Waals surface area contributed by atoms with E-state index in [2.05, 4.69) is 4.90 Å². The quantitative estimate of drug-likeness (QED) is 0.793. The van der Waals surface area contributed by atoms with Crippen molar-refractivity contribution in [2.75, 3.05) is 7.11 Å². The van der Waals surface area contributed by atoms with Crippen LogP contribution in [0.25, 0.3) is 0 Å². The van der Waals surface area contributed by atoms with Crippen molar-refractivity contribution in [1.82, 2.24) is 4.90 Å². The fourth-order valence-corrected chi connectivity index (χ4v) is 7.65. The Bertz CT molecular complexity index is 453. The second-order valence-corrected chi connectivity index (χ2v) is 9.61. The Labute approximate surface area is 140 Å². The van der Waals surface area contributed by atoms with Crippen molar-refractivity contribution in [3.8, 4) is 0 Å². The molecule has 0 aromatic heterocycles. The second kappa shape index (κ2) is 5.21. The number of carbonyl (C=O) groups is 1. The van der Waals surface area contributed by atoms with Crippen LogP contribution in [0.1, 0.15) is 70.6 Å². The minimum absolute atomic E-state index is 0.385. The zero-order valence-corrected chi connectivity index (χ0v) is 14.5. The third-order valence-electron chi connectivity index (χ3n) is 8.00. The molecule has 23 heavy (non-hydrogen) atoms. The molecular weight excluding hydrogens is 286 g/mol. The van der Waals surface area contributed by atoms with Crippen LogP contribution in [-0.4, -0.2) is 36.1 Å². The fraction of sp³-hybridized carbons (Fsp3) is 0.950. The lowest BCUT2D eigenvalue weighted by atomic mass is 9.49. The standard InChI is InChI=1S/C20H31NO2/c1-23-18-7-16-2-3-17(8-18)21(16)19(22)12-20-9-13-4-14(10-20)6-15(5-13)11-20/h13-18H,2-12H2,1H3. The summed E-state index contributed by atoms with van der Waals surface area (Å²) in [5.41, 5.74) is 0.392. The monoisotopic (exact) mass is 317 g/mol. The van der Waals surface area contributed by atoms with Gasteiger partial charge in [0, 0.05) is 25.6 Å². The molecule has 0 N–H and O–H groups in total. The minimum atomic E-state index is 0.385. The van der Waals surface area contributed by atoms with Gasteiger partial charge in [-0.05, 0) is 87.4 Å². The molecule has 2 heterocycles. The average molecular weight is 317 g/mol. The highest BCUT2D eigenvalue weighted by molar-refractivity contribution is 5.78. The molecule has 3 heteroatoms. The maximum atomic E-state index is 13.2. The van der Waals surface area contributed by atoms with E-state index >= 15 is 0 Å². The molecular formula is C20H31NO2. The lowest BCUT2D eigenvalue weighted by Crippen LogP contribution is -2.52. The zero-order valence-electron chi connectivity index (χ0n) is 14.5. The number of ether oxygens (including phenoxy) is 1. The van der Waals surface area contributed by atoms with E-state index in [4.69, 9.17) is 4.74 Å². The van der Waals surface area contributed by atoms with Crippen molar-refractivity contribution in [3.63, 3.8) is 0 Å². The van der Waals surface area contributed by atoms with E-state index in [9.17, 15) is 4.79 Å². The van der Waals surface area contributed by atoms with E-state index in [1.165, 1.54) is 51.4 Å². The predicted octanol–water partition coefficient (Wildman–Crippen LogP) is 3.76. The van der Waals surface area contributed by atoms with Crippen LogP contribution in [0.5, 0.6) is 0 Å². The summed E-state index contributed by atoms with van der Waals surface area (Å²) in [4.78, 5) is 15.5. The van der Waals surface area contributed by atoms with Crippen LogP contribution in [0.2, 0.25) is 0 Å². The number of carbonyl (C=O) groups excluding carboxylic acids is 1. The lowest BCUT2D eigenvalue weighted by molar-refractivity contribution is -0.146. The zero-order chi connectivity index (χ0) is 15.6. The van der Waals surface area contributed by atoms with Gasteiger partial charge in [0.05, 0.1) is 6.10 Å². The van der Waals surface area contributed by atoms with Crippen LogP contribution in [0.15, 0.2) is 0 Å². The number of rotatable bonds is 3. The summed E-state index contributed by atoms with van der Waals surface area (Å²) in [7, 11) is 1.83. The first-order valence-electron chi connectivity index (χ1n) is 9.98. The van der Waals surface area contributed by atoms with Crippen LogP contribution >= 0.6 is 0 Å². The van der Waals surface area contributed by atoms with E-state index < -0.39 is 0 Å². The van der Waals surface area contributed by atoms with Crippen molar-refractivity contribution in [3.05, 3.63) is 0 Å². The summed E-state index contributed by atoms with van der Waals surface area (Å²) in [6.45, 7) is 0. The molecule has 4 saturated carbocycles. The second-order valence-electron chi connectivity index (χ2n) is 9.61. The van der Waals surface area contributed by atoms with Crippen molar-refractivity contribution in [2.45, 2.75) is 88.8 Å². The molecule has 6 aliphatic rings. The van der Waals surface area contributed by atoms with Crippen LogP contribution in [0.3, 0.4) is 0 Å². The predicted molar refractivity (Wildman–Crippen MR) is 88.9 cm³/mol. The molecule has 2 atom stereocenters. The molecule has 4 aliphatic carbocycles. The summed E-state index contributed by atoms with van der Waals surface area (Å²) in [5.74, 6) is 3.34. The molecule has 2 saturated heterocycles. The van der Waals surface area contributed by atoms with Gasteiger partial charge < -0.3 is 9.64 Å². The highest BCUT2D eigenvalue weighted by atomic mass is 16.5. The molecule has 0 spiro atoms. The Balaban J connectivity index is 1.31. The van der Waals surface area contributed by atoms with Gasteiger partial charge in [-0.15, -0.1) is 0 Å². The Hall–Kier alpha value is -0.570. The molecule has 2 unspecified atom stereocenters. The van der Waals surface area contributed by atoms with Crippen LogP contribution in [0, 0.1) is 23.2 Å². The first-order valence-corrected chi connectivity index (χ1v) is 9.98. The number of methoxy groups -OCH3 is 1. The summed E-state index contributed by atoms with van der Waals surface area (Å²) < 4.78 is 5.60. The number of hydrogen-bond acceptors (Lipinski definition) is 2. The van der Waals surface area contributed by atoms with Crippen LogP contribution < -0.4 is 0 Å². The minimum Gasteiger partial charge on any atom is -0.381 e. The smallest absolute Gasteiger partial charge is 0.223 e. The van der Waals surface area contributed by atoms with Crippen molar-refractivity contribution >= 4 is 5.91 Å². The Morgan fingerprint density at radius 2 is 1.48 bits per heavy atom. The van der Waals surface area contributed by atoms with Gasteiger partial charge in [-0.1, -0.05) is 0 Å². The van der Waals surface area contributed by atoms with E-state index in [0.29, 0.717) is 29.5 Å². The largest absolute Gasteiger partial charge is 0.381 e. The third-order valence-corrected chi connectivity index (χ3v) is 8.00. The summed E-state index contributed by atoms with van der Waals surface area (Å²) in [5, 5.41) is 0.